The molecular formula is C45H40N4Si. The molecule has 1 aliphatic heterocycles. The van der Waals surface area contributed by atoms with Gasteiger partial charge in [0.15, 0.2) is 8.07 Å². The van der Waals surface area contributed by atoms with Gasteiger partial charge in [-0.15, -0.1) is 0 Å². The van der Waals surface area contributed by atoms with E-state index in [4.69, 9.17) is 0 Å². The molecule has 4 atom stereocenters. The molecule has 2 aliphatic rings. The molecule has 9 rings (SSSR count). The molecular weight excluding hydrogens is 625 g/mol. The van der Waals surface area contributed by atoms with Crippen LogP contribution in [0.1, 0.15) is 29.9 Å². The van der Waals surface area contributed by atoms with E-state index in [1.807, 2.05) is 0 Å². The van der Waals surface area contributed by atoms with Crippen LogP contribution in [0.3, 0.4) is 0 Å². The van der Waals surface area contributed by atoms with Crippen LogP contribution in [-0.2, 0) is 0 Å². The van der Waals surface area contributed by atoms with Gasteiger partial charge in [-0.05, 0) is 52.5 Å². The minimum absolute atomic E-state index is 0.0350. The molecule has 1 aromatic heterocycles. The van der Waals surface area contributed by atoms with E-state index in [0.29, 0.717) is 0 Å². The summed E-state index contributed by atoms with van der Waals surface area (Å²) in [6.45, 7) is 0. The molecule has 0 spiro atoms. The monoisotopic (exact) mass is 664 g/mol. The Hall–Kier alpha value is -5.30. The van der Waals surface area contributed by atoms with Gasteiger partial charge in [-0.3, -0.25) is 16.0 Å². The summed E-state index contributed by atoms with van der Waals surface area (Å²) in [5, 5.41) is 17.9. The Morgan fingerprint density at radius 3 is 1.74 bits per heavy atom. The van der Waals surface area contributed by atoms with E-state index in [-0.39, 0.29) is 23.7 Å². The van der Waals surface area contributed by atoms with Crippen molar-refractivity contribution in [3.63, 3.8) is 0 Å². The molecule has 0 radical (unpaired) electrons. The summed E-state index contributed by atoms with van der Waals surface area (Å²) in [6.07, 6.45) is 10.2. The number of para-hydroxylation sites is 2. The standard InChI is InChI=1S/C45H40N4Si/c1-6-19-33(20-7-1)43-46-44(34-21-8-2-9-22-34)48-45(47-43)50(36-25-12-4-13-26-36,37-27-14-5-15-28-37)41-32-18-31-40-42(41)38-29-16-17-30-39(38)49(40)35-23-10-3-11-24-35/h1-27,29-32,37,43-48H,28H2. The van der Waals surface area contributed by atoms with Gasteiger partial charge in [0.05, 0.1) is 29.2 Å². The third-order valence-corrected chi connectivity index (χ3v) is 16.1. The first kappa shape index (κ1) is 30.7. The van der Waals surface area contributed by atoms with E-state index in [1.54, 1.807) is 0 Å². The zero-order chi connectivity index (χ0) is 33.3. The number of hydrogen-bond donors (Lipinski definition) is 3. The highest BCUT2D eigenvalue weighted by Gasteiger charge is 2.53. The molecule has 4 nitrogen and oxygen atoms in total. The molecule has 1 fully saturated rings. The number of allylic oxidation sites excluding steroid dienone is 4. The van der Waals surface area contributed by atoms with Crippen molar-refractivity contribution in [3.8, 4) is 5.69 Å². The number of fused-ring (bicyclic) bond motifs is 3. The van der Waals surface area contributed by atoms with Gasteiger partial charge in [0.2, 0.25) is 0 Å². The molecule has 6 aromatic carbocycles. The maximum Gasteiger partial charge on any atom is 0.159 e. The molecule has 1 saturated heterocycles. The Bertz CT molecular complexity index is 2250. The summed E-state index contributed by atoms with van der Waals surface area (Å²) in [5.74, 6) is -0.0350. The first-order valence-electron chi connectivity index (χ1n) is 17.7. The fourth-order valence-electron chi connectivity index (χ4n) is 8.54. The van der Waals surface area contributed by atoms with Crippen molar-refractivity contribution >= 4 is 40.3 Å². The Morgan fingerprint density at radius 2 is 1.10 bits per heavy atom. The summed E-state index contributed by atoms with van der Waals surface area (Å²) in [4.78, 5) is 0. The van der Waals surface area contributed by atoms with Crippen molar-refractivity contribution in [2.24, 2.45) is 0 Å². The molecule has 1 aliphatic carbocycles. The molecule has 0 amide bonds. The Balaban J connectivity index is 1.36. The van der Waals surface area contributed by atoms with E-state index < -0.39 is 8.07 Å². The summed E-state index contributed by atoms with van der Waals surface area (Å²) in [5.41, 5.74) is 6.39. The number of nitrogens with zero attached hydrogens (tertiary/aromatic N) is 1. The van der Waals surface area contributed by atoms with Crippen LogP contribution in [0.15, 0.2) is 188 Å². The highest BCUT2D eigenvalue weighted by Crippen LogP contribution is 2.39. The second-order valence-corrected chi connectivity index (χ2v) is 17.6. The zero-order valence-corrected chi connectivity index (χ0v) is 28.9. The largest absolute Gasteiger partial charge is 0.309 e. The predicted octanol–water partition coefficient (Wildman–Crippen LogP) is 8.28. The molecule has 50 heavy (non-hydrogen) atoms. The SMILES string of the molecule is C1=CCC([Si](c2ccccc2)(c2cccc3c2c2ccccc2n3-c2ccccc2)C2NC(c3ccccc3)NC(c3ccccc3)N2)C=C1. The smallest absolute Gasteiger partial charge is 0.159 e. The summed E-state index contributed by atoms with van der Waals surface area (Å²) < 4.78 is 2.46. The van der Waals surface area contributed by atoms with Gasteiger partial charge >= 0.3 is 0 Å². The van der Waals surface area contributed by atoms with E-state index in [1.165, 1.54) is 49.0 Å². The van der Waals surface area contributed by atoms with Crippen LogP contribution in [0.25, 0.3) is 27.5 Å². The van der Waals surface area contributed by atoms with E-state index >= 15 is 0 Å². The number of nitrogens with one attached hydrogen (secondary N) is 3. The van der Waals surface area contributed by atoms with Crippen LogP contribution >= 0.6 is 0 Å². The average Bonchev–Trinajstić information content (AvgIpc) is 3.55. The lowest BCUT2D eigenvalue weighted by Gasteiger charge is -2.51. The van der Waals surface area contributed by atoms with Crippen molar-refractivity contribution in [2.75, 3.05) is 0 Å². The Labute approximate surface area is 294 Å². The molecule has 7 aromatic rings. The van der Waals surface area contributed by atoms with Gasteiger partial charge in [0.1, 0.15) is 0 Å². The lowest BCUT2D eigenvalue weighted by Crippen LogP contribution is -2.80. The Morgan fingerprint density at radius 1 is 0.520 bits per heavy atom. The predicted molar refractivity (Wildman–Crippen MR) is 210 cm³/mol. The van der Waals surface area contributed by atoms with Gasteiger partial charge in [0, 0.05) is 16.5 Å². The maximum absolute atomic E-state index is 4.23. The molecule has 3 N–H and O–H groups in total. The fraction of sp³-hybridized carbons (Fsp3) is 0.111. The summed E-state index contributed by atoms with van der Waals surface area (Å²) in [7, 11) is -2.88. The molecule has 0 saturated carbocycles. The summed E-state index contributed by atoms with van der Waals surface area (Å²) >= 11 is 0. The first-order chi connectivity index (χ1) is 24.8. The third kappa shape index (κ3) is 5.18. The maximum atomic E-state index is 4.23. The van der Waals surface area contributed by atoms with Crippen molar-refractivity contribution < 1.29 is 0 Å². The van der Waals surface area contributed by atoms with Crippen LogP contribution in [0.4, 0.5) is 0 Å². The zero-order valence-electron chi connectivity index (χ0n) is 27.9. The van der Waals surface area contributed by atoms with E-state index in [0.717, 1.165) is 6.42 Å². The van der Waals surface area contributed by atoms with Crippen molar-refractivity contribution in [1.82, 2.24) is 20.5 Å². The topological polar surface area (TPSA) is 41.0 Å². The minimum atomic E-state index is -2.88. The number of rotatable bonds is 7. The third-order valence-electron chi connectivity index (χ3n) is 10.7. The normalized spacial score (nSPS) is 21.7. The molecule has 2 heterocycles. The van der Waals surface area contributed by atoms with Gasteiger partial charge in [0.25, 0.3) is 0 Å². The van der Waals surface area contributed by atoms with E-state index in [9.17, 15) is 0 Å². The number of benzene rings is 6. The molecule has 244 valence electrons. The molecule has 5 heteroatoms. The number of hydrogen-bond acceptors (Lipinski definition) is 3. The lowest BCUT2D eigenvalue weighted by molar-refractivity contribution is 0.240. The highest BCUT2D eigenvalue weighted by atomic mass is 28.3. The van der Waals surface area contributed by atoms with Crippen LogP contribution in [-0.4, -0.2) is 18.4 Å². The average molecular weight is 665 g/mol. The van der Waals surface area contributed by atoms with Gasteiger partial charge in [-0.1, -0.05) is 169 Å². The van der Waals surface area contributed by atoms with Crippen LogP contribution in [0, 0.1) is 0 Å². The van der Waals surface area contributed by atoms with Gasteiger partial charge in [-0.2, -0.15) is 0 Å². The van der Waals surface area contributed by atoms with Crippen molar-refractivity contribution in [3.05, 3.63) is 199 Å². The second kappa shape index (κ2) is 13.2. The van der Waals surface area contributed by atoms with Crippen molar-refractivity contribution in [1.29, 1.82) is 0 Å². The van der Waals surface area contributed by atoms with Crippen LogP contribution < -0.4 is 26.3 Å². The summed E-state index contributed by atoms with van der Waals surface area (Å²) in [6, 6.07) is 60.0. The molecule has 0 bridgehead atoms. The Kier molecular flexibility index (Phi) is 8.11. The van der Waals surface area contributed by atoms with Crippen LogP contribution in [0.5, 0.6) is 0 Å². The number of aromatic nitrogens is 1. The second-order valence-electron chi connectivity index (χ2n) is 13.4. The molecule has 4 unspecified atom stereocenters. The van der Waals surface area contributed by atoms with E-state index in [2.05, 4.69) is 209 Å². The van der Waals surface area contributed by atoms with Gasteiger partial charge < -0.3 is 4.57 Å². The van der Waals surface area contributed by atoms with Gasteiger partial charge in [-0.25, -0.2) is 0 Å². The fourth-order valence-corrected chi connectivity index (χ4v) is 14.3. The quantitative estimate of drug-likeness (QED) is 0.150. The first-order valence-corrected chi connectivity index (χ1v) is 19.8. The minimum Gasteiger partial charge on any atom is -0.309 e. The van der Waals surface area contributed by atoms with Crippen LogP contribution in [0.2, 0.25) is 5.54 Å². The van der Waals surface area contributed by atoms with Crippen molar-refractivity contribution in [2.45, 2.75) is 30.1 Å². The lowest BCUT2D eigenvalue weighted by atomic mass is 10.1. The highest BCUT2D eigenvalue weighted by molar-refractivity contribution is 7.06.